The number of carboxylic acid groups (broad SMARTS) is 1. The number of hydrogen-bond donors (Lipinski definition) is 3. The van der Waals surface area contributed by atoms with Crippen molar-refractivity contribution in [1.29, 1.82) is 0 Å². The molecule has 8 heteroatoms. The van der Waals surface area contributed by atoms with Crippen molar-refractivity contribution >= 4 is 46.4 Å². The standard InChI is InChI=1S/C12H8Cl2FN3O2/c13-7-1-5(2-8(14)11(7)15)18-10-3-6(12(19)20)9(16)4-17-10/h1-4H,16H2,(H,17,18)(H,19,20). The molecule has 1 aromatic heterocycles. The average Bonchev–Trinajstić information content (AvgIpc) is 2.38. The van der Waals surface area contributed by atoms with Gasteiger partial charge in [-0.2, -0.15) is 0 Å². The van der Waals surface area contributed by atoms with E-state index in [1.807, 2.05) is 0 Å². The number of carbonyl (C=O) groups is 1. The summed E-state index contributed by atoms with van der Waals surface area (Å²) in [6.07, 6.45) is 1.21. The minimum atomic E-state index is -1.18. The number of carboxylic acids is 1. The van der Waals surface area contributed by atoms with E-state index in [0.717, 1.165) is 0 Å². The topological polar surface area (TPSA) is 88.2 Å². The Balaban J connectivity index is 2.35. The zero-order chi connectivity index (χ0) is 14.9. The summed E-state index contributed by atoms with van der Waals surface area (Å²) in [5.74, 6) is -1.69. The Bertz CT molecular complexity index is 671. The van der Waals surface area contributed by atoms with E-state index in [2.05, 4.69) is 10.3 Å². The van der Waals surface area contributed by atoms with Crippen molar-refractivity contribution < 1.29 is 14.3 Å². The number of aromatic carboxylic acids is 1. The Hall–Kier alpha value is -2.05. The molecule has 104 valence electrons. The average molecular weight is 316 g/mol. The minimum Gasteiger partial charge on any atom is -0.478 e. The van der Waals surface area contributed by atoms with E-state index >= 15 is 0 Å². The SMILES string of the molecule is Nc1cnc(Nc2cc(Cl)c(F)c(Cl)c2)cc1C(=O)O. The van der Waals surface area contributed by atoms with Gasteiger partial charge in [-0.3, -0.25) is 0 Å². The molecule has 0 radical (unpaired) electrons. The molecule has 0 aliphatic carbocycles. The molecule has 0 saturated heterocycles. The molecule has 2 aromatic rings. The molecule has 1 aromatic carbocycles. The summed E-state index contributed by atoms with van der Waals surface area (Å²) in [7, 11) is 0. The van der Waals surface area contributed by atoms with Crippen molar-refractivity contribution in [2.24, 2.45) is 0 Å². The largest absolute Gasteiger partial charge is 0.478 e. The molecule has 20 heavy (non-hydrogen) atoms. The maximum absolute atomic E-state index is 13.3. The van der Waals surface area contributed by atoms with Gasteiger partial charge in [-0.25, -0.2) is 14.2 Å². The van der Waals surface area contributed by atoms with Gasteiger partial charge >= 0.3 is 5.97 Å². The molecule has 0 aliphatic rings. The van der Waals surface area contributed by atoms with E-state index in [-0.39, 0.29) is 27.1 Å². The fourth-order valence-corrected chi connectivity index (χ4v) is 1.98. The molecule has 4 N–H and O–H groups in total. The summed E-state index contributed by atoms with van der Waals surface area (Å²) < 4.78 is 13.3. The van der Waals surface area contributed by atoms with Crippen LogP contribution in [0.15, 0.2) is 24.4 Å². The van der Waals surface area contributed by atoms with Gasteiger partial charge < -0.3 is 16.2 Å². The number of pyridine rings is 1. The molecule has 0 bridgehead atoms. The van der Waals surface area contributed by atoms with Crippen LogP contribution in [-0.4, -0.2) is 16.1 Å². The fourth-order valence-electron chi connectivity index (χ4n) is 1.50. The van der Waals surface area contributed by atoms with Gasteiger partial charge in [-0.05, 0) is 18.2 Å². The van der Waals surface area contributed by atoms with Crippen LogP contribution >= 0.6 is 23.2 Å². The molecular weight excluding hydrogens is 308 g/mol. The molecule has 5 nitrogen and oxygen atoms in total. The molecule has 0 fully saturated rings. The summed E-state index contributed by atoms with van der Waals surface area (Å²) in [5.41, 5.74) is 5.80. The Morgan fingerprint density at radius 1 is 1.30 bits per heavy atom. The number of hydrogen-bond acceptors (Lipinski definition) is 4. The maximum Gasteiger partial charge on any atom is 0.337 e. The van der Waals surface area contributed by atoms with Crippen molar-refractivity contribution in [3.8, 4) is 0 Å². The number of anilines is 3. The van der Waals surface area contributed by atoms with Crippen LogP contribution in [0.3, 0.4) is 0 Å². The van der Waals surface area contributed by atoms with E-state index in [1.165, 1.54) is 24.4 Å². The molecule has 0 aliphatic heterocycles. The van der Waals surface area contributed by atoms with E-state index in [1.54, 1.807) is 0 Å². The lowest BCUT2D eigenvalue weighted by atomic mass is 10.2. The van der Waals surface area contributed by atoms with E-state index in [0.29, 0.717) is 5.69 Å². The summed E-state index contributed by atoms with van der Waals surface area (Å²) >= 11 is 11.3. The first kappa shape index (κ1) is 14.4. The second kappa shape index (κ2) is 5.52. The zero-order valence-electron chi connectivity index (χ0n) is 9.82. The highest BCUT2D eigenvalue weighted by atomic mass is 35.5. The van der Waals surface area contributed by atoms with Crippen molar-refractivity contribution in [2.45, 2.75) is 0 Å². The van der Waals surface area contributed by atoms with Crippen molar-refractivity contribution in [2.75, 3.05) is 11.1 Å². The fraction of sp³-hybridized carbons (Fsp3) is 0. The first-order valence-corrected chi connectivity index (χ1v) is 6.04. The molecule has 0 saturated carbocycles. The zero-order valence-corrected chi connectivity index (χ0v) is 11.3. The molecule has 0 amide bonds. The van der Waals surface area contributed by atoms with Crippen LogP contribution in [0.5, 0.6) is 0 Å². The third-order valence-corrected chi connectivity index (χ3v) is 2.97. The number of nitrogens with one attached hydrogen (secondary N) is 1. The predicted molar refractivity (Wildman–Crippen MR) is 75.3 cm³/mol. The highest BCUT2D eigenvalue weighted by molar-refractivity contribution is 6.35. The number of nitrogens with zero attached hydrogens (tertiary/aromatic N) is 1. The second-order valence-corrected chi connectivity index (χ2v) is 4.66. The van der Waals surface area contributed by atoms with Gasteiger partial charge in [-0.1, -0.05) is 23.2 Å². The molecule has 2 rings (SSSR count). The van der Waals surface area contributed by atoms with Gasteiger partial charge in [0.05, 0.1) is 27.5 Å². The van der Waals surface area contributed by atoms with E-state index in [4.69, 9.17) is 34.0 Å². The summed E-state index contributed by atoms with van der Waals surface area (Å²) in [6, 6.07) is 3.87. The molecule has 0 spiro atoms. The summed E-state index contributed by atoms with van der Waals surface area (Å²) in [5, 5.41) is 11.4. The third-order valence-electron chi connectivity index (χ3n) is 2.42. The van der Waals surface area contributed by atoms with Gasteiger partial charge in [0.1, 0.15) is 5.82 Å². The normalized spacial score (nSPS) is 10.3. The van der Waals surface area contributed by atoms with Crippen LogP contribution in [0.25, 0.3) is 0 Å². The van der Waals surface area contributed by atoms with E-state index < -0.39 is 11.8 Å². The number of benzene rings is 1. The summed E-state index contributed by atoms with van der Waals surface area (Å²) in [6.45, 7) is 0. The van der Waals surface area contributed by atoms with Gasteiger partial charge in [-0.15, -0.1) is 0 Å². The number of nitrogen functional groups attached to an aromatic ring is 1. The quantitative estimate of drug-likeness (QED) is 0.754. The molecule has 0 unspecified atom stereocenters. The third kappa shape index (κ3) is 2.92. The van der Waals surface area contributed by atoms with Gasteiger partial charge in [0.25, 0.3) is 0 Å². The van der Waals surface area contributed by atoms with Crippen LogP contribution < -0.4 is 11.1 Å². The molecule has 1 heterocycles. The van der Waals surface area contributed by atoms with Crippen LogP contribution in [-0.2, 0) is 0 Å². The number of aromatic nitrogens is 1. The lowest BCUT2D eigenvalue weighted by Gasteiger charge is -2.09. The number of nitrogens with two attached hydrogens (primary N) is 1. The maximum atomic E-state index is 13.3. The van der Waals surface area contributed by atoms with Gasteiger partial charge in [0.2, 0.25) is 0 Å². The first-order chi connectivity index (χ1) is 9.38. The molecule has 0 atom stereocenters. The Kier molecular flexibility index (Phi) is 3.96. The highest BCUT2D eigenvalue weighted by Crippen LogP contribution is 2.29. The van der Waals surface area contributed by atoms with Crippen LogP contribution in [0.1, 0.15) is 10.4 Å². The number of halogens is 3. The Morgan fingerprint density at radius 3 is 2.45 bits per heavy atom. The highest BCUT2D eigenvalue weighted by Gasteiger charge is 2.11. The van der Waals surface area contributed by atoms with Crippen molar-refractivity contribution in [1.82, 2.24) is 4.98 Å². The Labute approximate surface area is 123 Å². The van der Waals surface area contributed by atoms with Crippen LogP contribution in [0.4, 0.5) is 21.6 Å². The predicted octanol–water partition coefficient (Wildman–Crippen LogP) is 3.55. The van der Waals surface area contributed by atoms with Gasteiger partial charge in [0.15, 0.2) is 5.82 Å². The van der Waals surface area contributed by atoms with Gasteiger partial charge in [0, 0.05) is 5.69 Å². The van der Waals surface area contributed by atoms with Crippen molar-refractivity contribution in [3.63, 3.8) is 0 Å². The minimum absolute atomic E-state index is 0.0400. The van der Waals surface area contributed by atoms with Crippen LogP contribution in [0, 0.1) is 5.82 Å². The van der Waals surface area contributed by atoms with Crippen molar-refractivity contribution in [3.05, 3.63) is 45.8 Å². The summed E-state index contributed by atoms with van der Waals surface area (Å²) in [4.78, 5) is 14.9. The van der Waals surface area contributed by atoms with E-state index in [9.17, 15) is 9.18 Å². The first-order valence-electron chi connectivity index (χ1n) is 5.29. The smallest absolute Gasteiger partial charge is 0.337 e. The Morgan fingerprint density at radius 2 is 1.90 bits per heavy atom. The lowest BCUT2D eigenvalue weighted by Crippen LogP contribution is -2.05. The lowest BCUT2D eigenvalue weighted by molar-refractivity contribution is 0.0698. The number of rotatable bonds is 3. The second-order valence-electron chi connectivity index (χ2n) is 3.84. The molecular formula is C12H8Cl2FN3O2. The van der Waals surface area contributed by atoms with Crippen LogP contribution in [0.2, 0.25) is 10.0 Å². The monoisotopic (exact) mass is 315 g/mol.